The minimum atomic E-state index is -4.91. The van der Waals surface area contributed by atoms with Gasteiger partial charge in [0.2, 0.25) is 19.7 Å². The Labute approximate surface area is 394 Å². The highest BCUT2D eigenvalue weighted by Crippen LogP contribution is 2.36. The van der Waals surface area contributed by atoms with Crippen molar-refractivity contribution in [1.29, 1.82) is 0 Å². The molecule has 0 aliphatic heterocycles. The predicted octanol–water partition coefficient (Wildman–Crippen LogP) is 10.6. The number of hydrogen-bond donors (Lipinski definition) is 1. The molecule has 0 saturated carbocycles. The van der Waals surface area contributed by atoms with Crippen LogP contribution in [0.15, 0.2) is 213 Å². The van der Waals surface area contributed by atoms with E-state index in [9.17, 15) is 29.8 Å². The molecule has 8 aromatic rings. The third-order valence-corrected chi connectivity index (χ3v) is 14.5. The van der Waals surface area contributed by atoms with Crippen LogP contribution in [0.5, 0.6) is 40.2 Å². The summed E-state index contributed by atoms with van der Waals surface area (Å²) >= 11 is 0. The summed E-state index contributed by atoms with van der Waals surface area (Å²) in [5.41, 5.74) is 4.56. The smallest absolute Gasteiger partial charge is 0.425 e. The van der Waals surface area contributed by atoms with Crippen molar-refractivity contribution >= 4 is 40.4 Å². The first-order chi connectivity index (χ1) is 32.4. The standard InChI is InChI=1S/C50H38O11S3.O3S/c1-34-3-25-45(26-4-34)62(51,52)46-27-21-42(22-28-46)59-40-15-7-36(8-16-40)37-9-17-41(18-10-37)60-43-23-29-47(30-24-43)63(53,54)48-31-32-49(50(33-48)64(55,56)57)61-44-19-11-38(12-20-44)35-5-13-39(58-2)14-6-35;1-4(2)3/h3-33H,1-2H3,(H,55,56,57);. The van der Waals surface area contributed by atoms with Gasteiger partial charge in [0, 0.05) is 0 Å². The summed E-state index contributed by atoms with van der Waals surface area (Å²) in [7, 11) is -14.3. The van der Waals surface area contributed by atoms with Gasteiger partial charge in [0.1, 0.15) is 45.1 Å². The van der Waals surface area contributed by atoms with Gasteiger partial charge in [0.05, 0.1) is 26.7 Å². The number of ether oxygens (including phenoxy) is 4. The molecule has 0 saturated heterocycles. The van der Waals surface area contributed by atoms with Crippen LogP contribution in [0.1, 0.15) is 5.56 Å². The van der Waals surface area contributed by atoms with Gasteiger partial charge in [-0.3, -0.25) is 4.55 Å². The Morgan fingerprint density at radius 2 is 0.662 bits per heavy atom. The highest BCUT2D eigenvalue weighted by atomic mass is 32.2. The monoisotopic (exact) mass is 990 g/mol. The van der Waals surface area contributed by atoms with E-state index < -0.39 is 45.3 Å². The Kier molecular flexibility index (Phi) is 14.6. The molecule has 346 valence electrons. The van der Waals surface area contributed by atoms with Gasteiger partial charge in [0.25, 0.3) is 10.1 Å². The van der Waals surface area contributed by atoms with Crippen molar-refractivity contribution in [1.82, 2.24) is 0 Å². The molecule has 14 nitrogen and oxygen atoms in total. The van der Waals surface area contributed by atoms with Gasteiger partial charge in [-0.15, -0.1) is 12.6 Å². The van der Waals surface area contributed by atoms with Crippen LogP contribution in [0.3, 0.4) is 0 Å². The molecule has 0 aliphatic carbocycles. The third kappa shape index (κ3) is 11.9. The van der Waals surface area contributed by atoms with E-state index in [0.29, 0.717) is 28.7 Å². The molecule has 18 heteroatoms. The third-order valence-electron chi connectivity index (χ3n) is 10.1. The number of rotatable bonds is 14. The van der Waals surface area contributed by atoms with E-state index in [1.165, 1.54) is 48.5 Å². The minimum Gasteiger partial charge on any atom is -0.497 e. The lowest BCUT2D eigenvalue weighted by Crippen LogP contribution is -2.06. The van der Waals surface area contributed by atoms with Crippen LogP contribution in [0.25, 0.3) is 22.3 Å². The zero-order valence-corrected chi connectivity index (χ0v) is 39.1. The quantitative estimate of drug-likeness (QED) is 0.100. The van der Waals surface area contributed by atoms with Crippen molar-refractivity contribution in [3.05, 3.63) is 194 Å². The lowest BCUT2D eigenvalue weighted by Gasteiger charge is -2.13. The molecule has 8 aromatic carbocycles. The highest BCUT2D eigenvalue weighted by molar-refractivity contribution is 7.92. The van der Waals surface area contributed by atoms with Gasteiger partial charge in [-0.1, -0.05) is 66.2 Å². The molecule has 0 aliphatic rings. The van der Waals surface area contributed by atoms with E-state index in [1.807, 2.05) is 67.6 Å². The van der Waals surface area contributed by atoms with Crippen LogP contribution in [-0.2, 0) is 40.4 Å². The first-order valence-electron chi connectivity index (χ1n) is 20.0. The van der Waals surface area contributed by atoms with Crippen LogP contribution in [0, 0.1) is 6.92 Å². The lowest BCUT2D eigenvalue weighted by molar-refractivity contribution is 0.415. The van der Waals surface area contributed by atoms with Crippen molar-refractivity contribution in [2.45, 2.75) is 31.4 Å². The van der Waals surface area contributed by atoms with E-state index >= 15 is 0 Å². The van der Waals surface area contributed by atoms with E-state index in [2.05, 4.69) is 0 Å². The molecule has 0 spiro atoms. The van der Waals surface area contributed by atoms with Gasteiger partial charge in [-0.2, -0.15) is 8.42 Å². The minimum absolute atomic E-state index is 0.130. The van der Waals surface area contributed by atoms with Gasteiger partial charge in [-0.25, -0.2) is 16.8 Å². The normalized spacial score (nSPS) is 11.4. The Hall–Kier alpha value is -7.61. The van der Waals surface area contributed by atoms with Crippen molar-refractivity contribution in [2.75, 3.05) is 7.11 Å². The van der Waals surface area contributed by atoms with Gasteiger partial charge >= 0.3 is 10.6 Å². The second kappa shape index (κ2) is 20.5. The molecule has 1 N–H and O–H groups in total. The van der Waals surface area contributed by atoms with Gasteiger partial charge in [-0.05, 0) is 157 Å². The van der Waals surface area contributed by atoms with Crippen molar-refractivity contribution in [3.8, 4) is 62.5 Å². The summed E-state index contributed by atoms with van der Waals surface area (Å²) in [4.78, 5) is -0.812. The molecular weight excluding hydrogens is 953 g/mol. The van der Waals surface area contributed by atoms with Gasteiger partial charge in [0.15, 0.2) is 0 Å². The van der Waals surface area contributed by atoms with Crippen molar-refractivity contribution in [2.24, 2.45) is 0 Å². The second-order valence-corrected chi connectivity index (χ2v) is 20.4. The van der Waals surface area contributed by atoms with Crippen LogP contribution in [0.4, 0.5) is 0 Å². The van der Waals surface area contributed by atoms with Crippen molar-refractivity contribution < 1.29 is 61.4 Å². The molecule has 0 fully saturated rings. The van der Waals surface area contributed by atoms with E-state index in [0.717, 1.165) is 33.9 Å². The van der Waals surface area contributed by atoms with Crippen LogP contribution in [0.2, 0.25) is 0 Å². The summed E-state index contributed by atoms with van der Waals surface area (Å²) in [6, 6.07) is 50.8. The zero-order chi connectivity index (χ0) is 48.6. The predicted molar refractivity (Wildman–Crippen MR) is 251 cm³/mol. The molecule has 68 heavy (non-hydrogen) atoms. The number of sulfone groups is 2. The molecule has 0 radical (unpaired) electrons. The SMILES string of the molecule is COc1ccc(-c2ccc(Oc3ccc(S(=O)(=O)c4ccc(Oc5ccc(-c6ccc(Oc7ccc(S(=O)(=O)c8ccc(C)cc8)cc7)cc6)cc5)cc4)cc3S(=O)(=O)O)cc2)cc1.O=S(=O)=O. The van der Waals surface area contributed by atoms with Crippen LogP contribution >= 0.6 is 0 Å². The lowest BCUT2D eigenvalue weighted by atomic mass is 10.1. The largest absolute Gasteiger partial charge is 0.497 e. The van der Waals surface area contributed by atoms with Crippen LogP contribution in [-0.4, -0.2) is 49.5 Å². The molecule has 0 aromatic heterocycles. The first-order valence-corrected chi connectivity index (χ1v) is 25.4. The van der Waals surface area contributed by atoms with Crippen molar-refractivity contribution in [3.63, 3.8) is 0 Å². The summed E-state index contributed by atoms with van der Waals surface area (Å²) < 4.78 is 137. The average molecular weight is 991 g/mol. The summed E-state index contributed by atoms with van der Waals surface area (Å²) in [5.74, 6) is 2.62. The van der Waals surface area contributed by atoms with E-state index in [4.69, 9.17) is 31.6 Å². The Balaban J connectivity index is 0.00000165. The van der Waals surface area contributed by atoms with E-state index in [-0.39, 0.29) is 31.1 Å². The molecule has 0 heterocycles. The molecule has 0 unspecified atom stereocenters. The van der Waals surface area contributed by atoms with Gasteiger partial charge < -0.3 is 18.9 Å². The highest BCUT2D eigenvalue weighted by Gasteiger charge is 2.25. The first kappa shape index (κ1) is 48.3. The molecule has 8 rings (SSSR count). The molecule has 0 amide bonds. The second-order valence-electron chi connectivity index (χ2n) is 14.7. The zero-order valence-electron chi connectivity index (χ0n) is 35.8. The Morgan fingerprint density at radius 1 is 0.382 bits per heavy atom. The summed E-state index contributed by atoms with van der Waals surface area (Å²) in [6.07, 6.45) is 0. The van der Waals surface area contributed by atoms with E-state index in [1.54, 1.807) is 79.9 Å². The maximum Gasteiger partial charge on any atom is 0.425 e. The summed E-state index contributed by atoms with van der Waals surface area (Å²) in [6.45, 7) is 1.90. The van der Waals surface area contributed by atoms with Crippen LogP contribution < -0.4 is 18.9 Å². The Morgan fingerprint density at radius 3 is 1.00 bits per heavy atom. The Bertz CT molecular complexity index is 3510. The maximum absolute atomic E-state index is 13.7. The molecule has 0 atom stereocenters. The fourth-order valence-corrected chi connectivity index (χ4v) is 9.90. The summed E-state index contributed by atoms with van der Waals surface area (Å²) in [5, 5.41) is 0. The number of hydrogen-bond acceptors (Lipinski definition) is 13. The maximum atomic E-state index is 13.7. The fraction of sp³-hybridized carbons (Fsp3) is 0.0400. The fourth-order valence-electron chi connectivity index (χ4n) is 6.63. The molecule has 0 bridgehead atoms. The number of benzene rings is 8. The average Bonchev–Trinajstić information content (AvgIpc) is 3.32. The topological polar surface area (TPSA) is 211 Å². The number of aryl methyl sites for hydroxylation is 1. The molecular formula is C50H38O14S4. The number of methoxy groups -OCH3 is 1.